The molecule has 0 heterocycles. The average molecular weight is 264 g/mol. The van der Waals surface area contributed by atoms with Crippen LogP contribution in [0.1, 0.15) is 33.3 Å². The Hall–Kier alpha value is -1.55. The van der Waals surface area contributed by atoms with E-state index in [4.69, 9.17) is 10.5 Å². The van der Waals surface area contributed by atoms with Gasteiger partial charge < -0.3 is 15.8 Å². The molecule has 1 aromatic rings. The molecule has 0 aromatic heterocycles. The predicted molar refractivity (Wildman–Crippen MR) is 78.4 cm³/mol. The number of nitrogens with two attached hydrogens (primary N) is 1. The van der Waals surface area contributed by atoms with E-state index in [1.165, 1.54) is 0 Å². The first kappa shape index (κ1) is 15.5. The summed E-state index contributed by atoms with van der Waals surface area (Å²) in [5, 5.41) is 2.87. The van der Waals surface area contributed by atoms with Crippen LogP contribution in [-0.4, -0.2) is 18.6 Å². The van der Waals surface area contributed by atoms with E-state index < -0.39 is 6.04 Å². The van der Waals surface area contributed by atoms with Crippen LogP contribution in [0.4, 0.5) is 5.69 Å². The molecule has 0 radical (unpaired) electrons. The van der Waals surface area contributed by atoms with E-state index in [1.807, 2.05) is 52.8 Å². The molecule has 0 saturated carbocycles. The number of carbonyl (C=O) groups is 1. The summed E-state index contributed by atoms with van der Waals surface area (Å²) in [6.07, 6.45) is 0. The molecule has 0 spiro atoms. The molecule has 1 unspecified atom stereocenters. The standard InChI is InChI=1S/C15H24N2O2/c1-6-19-11-7-8-12(10(2)9-11)17-14(18)13(16)15(3,4)5/h7-9,13H,6,16H2,1-5H3,(H,17,18). The zero-order valence-corrected chi connectivity index (χ0v) is 12.4. The van der Waals surface area contributed by atoms with Gasteiger partial charge in [-0.15, -0.1) is 0 Å². The van der Waals surface area contributed by atoms with Gasteiger partial charge in [0.1, 0.15) is 5.75 Å². The lowest BCUT2D eigenvalue weighted by molar-refractivity contribution is -0.119. The Labute approximate surface area is 115 Å². The summed E-state index contributed by atoms with van der Waals surface area (Å²) in [7, 11) is 0. The lowest BCUT2D eigenvalue weighted by atomic mass is 9.87. The molecule has 19 heavy (non-hydrogen) atoms. The van der Waals surface area contributed by atoms with Crippen molar-refractivity contribution < 1.29 is 9.53 Å². The summed E-state index contributed by atoms with van der Waals surface area (Å²) in [6, 6.07) is 5.04. The number of nitrogens with one attached hydrogen (secondary N) is 1. The average Bonchev–Trinajstić information content (AvgIpc) is 2.30. The number of aryl methyl sites for hydroxylation is 1. The molecule has 0 aliphatic carbocycles. The summed E-state index contributed by atoms with van der Waals surface area (Å²) in [6.45, 7) is 10.3. The van der Waals surface area contributed by atoms with Crippen LogP contribution in [0.3, 0.4) is 0 Å². The number of rotatable bonds is 4. The number of benzene rings is 1. The van der Waals surface area contributed by atoms with Crippen LogP contribution in [0.2, 0.25) is 0 Å². The number of anilines is 1. The lowest BCUT2D eigenvalue weighted by Crippen LogP contribution is -2.45. The summed E-state index contributed by atoms with van der Waals surface area (Å²) in [4.78, 5) is 12.1. The minimum atomic E-state index is -0.543. The van der Waals surface area contributed by atoms with Crippen molar-refractivity contribution in [2.45, 2.75) is 40.7 Å². The lowest BCUT2D eigenvalue weighted by Gasteiger charge is -2.26. The van der Waals surface area contributed by atoms with Gasteiger partial charge in [-0.25, -0.2) is 0 Å². The first-order chi connectivity index (χ1) is 8.75. The highest BCUT2D eigenvalue weighted by Crippen LogP contribution is 2.23. The Kier molecular flexibility index (Phi) is 4.95. The molecule has 0 saturated heterocycles. The molecule has 4 nitrogen and oxygen atoms in total. The quantitative estimate of drug-likeness (QED) is 0.878. The van der Waals surface area contributed by atoms with E-state index in [-0.39, 0.29) is 11.3 Å². The van der Waals surface area contributed by atoms with Crippen molar-refractivity contribution in [2.24, 2.45) is 11.1 Å². The number of ether oxygens (including phenoxy) is 1. The van der Waals surface area contributed by atoms with Gasteiger partial charge in [-0.2, -0.15) is 0 Å². The Morgan fingerprint density at radius 2 is 2.05 bits per heavy atom. The van der Waals surface area contributed by atoms with Crippen molar-refractivity contribution in [1.29, 1.82) is 0 Å². The van der Waals surface area contributed by atoms with Crippen LogP contribution in [0.15, 0.2) is 18.2 Å². The van der Waals surface area contributed by atoms with E-state index in [1.54, 1.807) is 0 Å². The Morgan fingerprint density at radius 1 is 1.42 bits per heavy atom. The molecule has 1 atom stereocenters. The van der Waals surface area contributed by atoms with Crippen molar-refractivity contribution in [3.05, 3.63) is 23.8 Å². The normalized spacial score (nSPS) is 12.9. The third-order valence-corrected chi connectivity index (χ3v) is 2.98. The highest BCUT2D eigenvalue weighted by Gasteiger charge is 2.27. The van der Waals surface area contributed by atoms with E-state index in [0.29, 0.717) is 6.61 Å². The van der Waals surface area contributed by atoms with Gasteiger partial charge in [0.25, 0.3) is 0 Å². The molecule has 1 aromatic carbocycles. The SMILES string of the molecule is CCOc1ccc(NC(=O)C(N)C(C)(C)C)c(C)c1. The summed E-state index contributed by atoms with van der Waals surface area (Å²) in [5.74, 6) is 0.637. The summed E-state index contributed by atoms with van der Waals surface area (Å²) in [5.41, 5.74) is 7.40. The highest BCUT2D eigenvalue weighted by molar-refractivity contribution is 5.95. The molecule has 1 rings (SSSR count). The van der Waals surface area contributed by atoms with Gasteiger partial charge in [-0.05, 0) is 43.0 Å². The molecule has 4 heteroatoms. The minimum absolute atomic E-state index is 0.167. The number of carbonyl (C=O) groups excluding carboxylic acids is 1. The maximum absolute atomic E-state index is 12.1. The Morgan fingerprint density at radius 3 is 2.53 bits per heavy atom. The first-order valence-electron chi connectivity index (χ1n) is 6.55. The maximum atomic E-state index is 12.1. The number of amides is 1. The maximum Gasteiger partial charge on any atom is 0.241 e. The fraction of sp³-hybridized carbons (Fsp3) is 0.533. The zero-order chi connectivity index (χ0) is 14.6. The second kappa shape index (κ2) is 6.06. The van der Waals surface area contributed by atoms with Crippen LogP contribution >= 0.6 is 0 Å². The van der Waals surface area contributed by atoms with Gasteiger partial charge in [-0.1, -0.05) is 20.8 Å². The van der Waals surface area contributed by atoms with Crippen molar-refractivity contribution in [3.63, 3.8) is 0 Å². The van der Waals surface area contributed by atoms with Crippen molar-refractivity contribution in [2.75, 3.05) is 11.9 Å². The van der Waals surface area contributed by atoms with Gasteiger partial charge in [-0.3, -0.25) is 4.79 Å². The van der Waals surface area contributed by atoms with Crippen molar-refractivity contribution >= 4 is 11.6 Å². The number of hydrogen-bond acceptors (Lipinski definition) is 3. The Bertz CT molecular complexity index is 450. The molecule has 0 aliphatic rings. The van der Waals surface area contributed by atoms with Gasteiger partial charge in [0.2, 0.25) is 5.91 Å². The van der Waals surface area contributed by atoms with E-state index >= 15 is 0 Å². The molecular formula is C15H24N2O2. The topological polar surface area (TPSA) is 64.3 Å². The van der Waals surface area contributed by atoms with Crippen LogP contribution in [0, 0.1) is 12.3 Å². The minimum Gasteiger partial charge on any atom is -0.494 e. The molecule has 0 aliphatic heterocycles. The van der Waals surface area contributed by atoms with Crippen LogP contribution < -0.4 is 15.8 Å². The van der Waals surface area contributed by atoms with Gasteiger partial charge in [0.05, 0.1) is 12.6 Å². The molecule has 3 N–H and O–H groups in total. The molecular weight excluding hydrogens is 240 g/mol. The van der Waals surface area contributed by atoms with E-state index in [2.05, 4.69) is 5.32 Å². The monoisotopic (exact) mass is 264 g/mol. The largest absolute Gasteiger partial charge is 0.494 e. The fourth-order valence-corrected chi connectivity index (χ4v) is 1.64. The highest BCUT2D eigenvalue weighted by atomic mass is 16.5. The van der Waals surface area contributed by atoms with Gasteiger partial charge in [0.15, 0.2) is 0 Å². The number of hydrogen-bond donors (Lipinski definition) is 2. The molecule has 0 fully saturated rings. The Balaban J connectivity index is 2.80. The van der Waals surface area contributed by atoms with E-state index in [0.717, 1.165) is 17.0 Å². The van der Waals surface area contributed by atoms with E-state index in [9.17, 15) is 4.79 Å². The van der Waals surface area contributed by atoms with Gasteiger partial charge >= 0.3 is 0 Å². The van der Waals surface area contributed by atoms with Crippen molar-refractivity contribution in [1.82, 2.24) is 0 Å². The molecule has 1 amide bonds. The van der Waals surface area contributed by atoms with Crippen molar-refractivity contribution in [3.8, 4) is 5.75 Å². The summed E-state index contributed by atoms with van der Waals surface area (Å²) < 4.78 is 5.41. The second-order valence-electron chi connectivity index (χ2n) is 5.74. The van der Waals surface area contributed by atoms with Crippen LogP contribution in [0.25, 0.3) is 0 Å². The first-order valence-corrected chi connectivity index (χ1v) is 6.55. The van der Waals surface area contributed by atoms with Gasteiger partial charge in [0, 0.05) is 5.69 Å². The third-order valence-electron chi connectivity index (χ3n) is 2.98. The van der Waals surface area contributed by atoms with Crippen LogP contribution in [0.5, 0.6) is 5.75 Å². The molecule has 106 valence electrons. The fourth-order valence-electron chi connectivity index (χ4n) is 1.64. The molecule has 0 bridgehead atoms. The zero-order valence-electron chi connectivity index (χ0n) is 12.4. The predicted octanol–water partition coefficient (Wildman–Crippen LogP) is 2.71. The second-order valence-corrected chi connectivity index (χ2v) is 5.74. The summed E-state index contributed by atoms with van der Waals surface area (Å²) >= 11 is 0. The smallest absolute Gasteiger partial charge is 0.241 e. The third kappa shape index (κ3) is 4.24. The van der Waals surface area contributed by atoms with Crippen LogP contribution in [-0.2, 0) is 4.79 Å².